The van der Waals surface area contributed by atoms with Crippen molar-refractivity contribution in [2.75, 3.05) is 0 Å². The molecule has 0 aliphatic carbocycles. The number of rotatable bonds is 4. The Morgan fingerprint density at radius 1 is 0.173 bits per heavy atom. The molecule has 12 heteroatoms. The van der Waals surface area contributed by atoms with Gasteiger partial charge in [-0.1, -0.05) is 273 Å². The lowest BCUT2D eigenvalue weighted by Crippen LogP contribution is -1.96. The van der Waals surface area contributed by atoms with Crippen LogP contribution in [0.1, 0.15) is 0 Å². The van der Waals surface area contributed by atoms with Crippen LogP contribution in [0.5, 0.6) is 0 Å². The van der Waals surface area contributed by atoms with Gasteiger partial charge in [-0.2, -0.15) is 0 Å². The van der Waals surface area contributed by atoms with Crippen molar-refractivity contribution in [1.82, 2.24) is 39.0 Å². The molecule has 34 aromatic rings. The summed E-state index contributed by atoms with van der Waals surface area (Å²) in [5, 5.41) is 38.7. The highest BCUT2D eigenvalue weighted by Gasteiger charge is 2.23. The number of fused-ring (bicyclic) bond motifs is 48. The van der Waals surface area contributed by atoms with Gasteiger partial charge in [-0.3, -0.25) is 15.0 Å². The zero-order valence-corrected chi connectivity index (χ0v) is 82.7. The molecule has 15 aromatic heterocycles. The SMILES string of the molecule is c1cc2cc(c1)c1ccc3sc4cccc(c5cc6ncc(-c7cccc8oc9ccccc9c78)cc6c(n5)c5cccc2c5)c4c3c1.c1cc2cc(c1)c1ccc3sc4cccc(c5cc6ncc(-n7c8ccccc8c8ccccc87)cc6c(n5)c5cccc2c5)c4c3c1.c1ccc(-n2c3ccccc3c3cc(-c4cnc5cc6nc(c7cccc(c7)c7cccc(c7)c7ccc8sc9cccc6c9c8c7)c5c4)ccc32)cc1. The average Bonchev–Trinajstić information content (AvgIpc) is 1.53. The largest absolute Gasteiger partial charge is 0.456 e. The van der Waals surface area contributed by atoms with Gasteiger partial charge < -0.3 is 13.6 Å². The maximum atomic E-state index is 6.25. The van der Waals surface area contributed by atoms with Gasteiger partial charge in [0.05, 0.1) is 83.6 Å². The Kier molecular flexibility index (Phi) is 18.7. The van der Waals surface area contributed by atoms with Crippen molar-refractivity contribution in [2.45, 2.75) is 0 Å². The van der Waals surface area contributed by atoms with Gasteiger partial charge in [0.15, 0.2) is 0 Å². The van der Waals surface area contributed by atoms with Crippen LogP contribution in [-0.4, -0.2) is 39.0 Å². The van der Waals surface area contributed by atoms with Crippen molar-refractivity contribution in [2.24, 2.45) is 0 Å². The third-order valence-electron chi connectivity index (χ3n) is 30.9. The molecule has 0 atom stereocenters. The summed E-state index contributed by atoms with van der Waals surface area (Å²) in [7, 11) is 0. The number of hydrogen-bond acceptors (Lipinski definition) is 10. The second kappa shape index (κ2) is 33.2. The molecule has 0 N–H and O–H groups in total. The number of nitrogens with zero attached hydrogens (tertiary/aromatic N) is 8. The van der Waals surface area contributed by atoms with E-state index in [0.29, 0.717) is 0 Å². The molecule has 0 saturated carbocycles. The molecule has 9 nitrogen and oxygen atoms in total. The van der Waals surface area contributed by atoms with E-state index in [2.05, 4.69) is 446 Å². The standard InChI is InChI=1S/C50H29N3S.C44H25N3S.C44H24N2OS/c1-2-13-37(14-3-1)53-45-17-5-4-15-38(45)40-25-34(19-21-46(40)53)36-27-41-43(51-29-36)28-44-39-16-8-18-48-49(39)42-26-33(20-22-47(42)54-48)31-10-6-9-30(23-31)32-11-7-12-35(24-32)50(41)52-44;1-3-15-39-32(12-1)33-13-2-4-16-40(33)47(39)31-23-35-37(45-25-31)24-38-34-14-7-17-42-43(34)36-22-29(18-19-41(36)48-42)27-9-5-8-26(20-27)28-10-6-11-30(21-28)44(35)46-38;1-2-14-38-33(11-1)42-31(12-5-15-39(42)47-38)30-22-34-36(45-24-30)23-37-32-13-6-16-41-43(32)35-21-28(17-18-40(35)48-41)26-8-3-7-25(19-26)27-9-4-10-29(20-27)44(34)46-37/h1-29H;1-25H;1-24H. The van der Waals surface area contributed by atoms with Crippen LogP contribution < -0.4 is 0 Å². The van der Waals surface area contributed by atoms with Crippen LogP contribution in [0.3, 0.4) is 0 Å². The van der Waals surface area contributed by atoms with Crippen LogP contribution in [0.4, 0.5) is 0 Å². The molecule has 0 unspecified atom stereocenters. The third-order valence-corrected chi connectivity index (χ3v) is 34.3. The van der Waals surface area contributed by atoms with E-state index in [9.17, 15) is 0 Å². The van der Waals surface area contributed by atoms with Crippen LogP contribution in [-0.2, 0) is 0 Å². The van der Waals surface area contributed by atoms with Crippen LogP contribution in [0.15, 0.2) is 478 Å². The van der Waals surface area contributed by atoms with Crippen molar-refractivity contribution in [3.8, 4) is 33.6 Å². The van der Waals surface area contributed by atoms with E-state index in [1.54, 1.807) is 0 Å². The first kappa shape index (κ1) is 84.3. The predicted octanol–water partition coefficient (Wildman–Crippen LogP) is 38.9. The first-order valence-corrected chi connectivity index (χ1v) is 53.1. The highest BCUT2D eigenvalue weighted by atomic mass is 32.1. The van der Waals surface area contributed by atoms with E-state index in [1.165, 1.54) is 142 Å². The summed E-state index contributed by atoms with van der Waals surface area (Å²) < 4.78 is 18.6. The molecule has 19 aromatic carbocycles. The van der Waals surface area contributed by atoms with Gasteiger partial charge in [-0.15, -0.1) is 34.0 Å². The minimum Gasteiger partial charge on any atom is -0.456 e. The fourth-order valence-electron chi connectivity index (χ4n) is 23.9. The van der Waals surface area contributed by atoms with Crippen molar-refractivity contribution in [1.29, 1.82) is 0 Å². The lowest BCUT2D eigenvalue weighted by atomic mass is 9.98. The highest BCUT2D eigenvalue weighted by molar-refractivity contribution is 7.27. The Morgan fingerprint density at radius 2 is 0.507 bits per heavy atom. The van der Waals surface area contributed by atoms with E-state index < -0.39 is 0 Å². The van der Waals surface area contributed by atoms with Crippen LogP contribution >= 0.6 is 34.0 Å². The van der Waals surface area contributed by atoms with Crippen molar-refractivity contribution < 1.29 is 4.42 Å². The summed E-state index contributed by atoms with van der Waals surface area (Å²) in [5.41, 5.74) is 21.3. The van der Waals surface area contributed by atoms with Gasteiger partial charge in [0.25, 0.3) is 0 Å². The minimum absolute atomic E-state index is 0.873. The van der Waals surface area contributed by atoms with Gasteiger partial charge in [0, 0.05) is 171 Å². The summed E-state index contributed by atoms with van der Waals surface area (Å²) >= 11 is 5.52. The fourth-order valence-corrected chi connectivity index (χ4v) is 27.3. The molecular weight excluding hydrogens is 1880 g/mol. The summed E-state index contributed by atoms with van der Waals surface area (Å²) in [5.74, 6) is 0. The van der Waals surface area contributed by atoms with Crippen LogP contribution in [0, 0.1) is 0 Å². The molecule has 150 heavy (non-hydrogen) atoms. The molecule has 0 fully saturated rings. The Balaban J connectivity index is 0.0000000995. The zero-order valence-electron chi connectivity index (χ0n) is 80.2. The first-order valence-electron chi connectivity index (χ1n) is 50.7. The Labute approximate surface area is 866 Å². The number of pyridine rings is 6. The van der Waals surface area contributed by atoms with Gasteiger partial charge in [0.2, 0.25) is 0 Å². The molecular formula is C138H78N8OS3. The van der Waals surface area contributed by atoms with E-state index in [-0.39, 0.29) is 0 Å². The number of para-hydroxylation sites is 5. The summed E-state index contributed by atoms with van der Waals surface area (Å²) in [6, 6.07) is 165. The maximum absolute atomic E-state index is 6.25. The molecule has 24 bridgehead atoms. The summed E-state index contributed by atoms with van der Waals surface area (Å²) in [4.78, 5) is 32.1. The molecule has 15 heterocycles. The Bertz CT molecular complexity index is 12000. The topological polar surface area (TPSA) is 100 Å². The molecule has 0 amide bonds. The van der Waals surface area contributed by atoms with Gasteiger partial charge in [0.1, 0.15) is 11.2 Å². The number of benzene rings is 19. The molecule has 694 valence electrons. The summed E-state index contributed by atoms with van der Waals surface area (Å²) in [6.45, 7) is 0. The van der Waals surface area contributed by atoms with Crippen molar-refractivity contribution in [3.63, 3.8) is 0 Å². The smallest absolute Gasteiger partial charge is 0.136 e. The van der Waals surface area contributed by atoms with Crippen LogP contribution in [0.25, 0.3) is 322 Å². The molecule has 0 radical (unpaired) electrons. The number of hydrogen-bond donors (Lipinski definition) is 0. The second-order valence-corrected chi connectivity index (χ2v) is 42.7. The molecule has 0 saturated heterocycles. The van der Waals surface area contributed by atoms with E-state index in [1.807, 2.05) is 70.8 Å². The van der Waals surface area contributed by atoms with Gasteiger partial charge in [-0.25, -0.2) is 15.0 Å². The molecule has 0 spiro atoms. The maximum Gasteiger partial charge on any atom is 0.136 e. The van der Waals surface area contributed by atoms with E-state index in [4.69, 9.17) is 34.3 Å². The van der Waals surface area contributed by atoms with Gasteiger partial charge >= 0.3 is 0 Å². The quantitative estimate of drug-likeness (QED) is 0.173. The monoisotopic (exact) mass is 1960 g/mol. The summed E-state index contributed by atoms with van der Waals surface area (Å²) in [6.07, 6.45) is 6.04. The van der Waals surface area contributed by atoms with Gasteiger partial charge in [-0.05, 0) is 258 Å². The Hall–Kier alpha value is -19.1. The molecule has 0 aliphatic heterocycles. The molecule has 34 rings (SSSR count). The number of aromatic nitrogens is 8. The lowest BCUT2D eigenvalue weighted by Gasteiger charge is -2.10. The average molecular weight is 1960 g/mol. The minimum atomic E-state index is 0.873. The predicted molar refractivity (Wildman–Crippen MR) is 641 cm³/mol. The Morgan fingerprint density at radius 3 is 0.967 bits per heavy atom. The normalized spacial score (nSPS) is 12.1. The number of furan rings is 1. The zero-order chi connectivity index (χ0) is 98.0. The second-order valence-electron chi connectivity index (χ2n) is 39.4. The molecule has 0 aliphatic rings. The highest BCUT2D eigenvalue weighted by Crippen LogP contribution is 2.48. The van der Waals surface area contributed by atoms with Crippen molar-refractivity contribution in [3.05, 3.63) is 474 Å². The van der Waals surface area contributed by atoms with Crippen LogP contribution in [0.2, 0.25) is 0 Å². The third kappa shape index (κ3) is 13.5. The van der Waals surface area contributed by atoms with E-state index >= 15 is 0 Å². The first-order chi connectivity index (χ1) is 74.2. The number of thiophene rings is 3. The van der Waals surface area contributed by atoms with Crippen molar-refractivity contribution >= 4 is 323 Å². The fraction of sp³-hybridized carbons (Fsp3) is 0. The lowest BCUT2D eigenvalue weighted by molar-refractivity contribution is 0.669. The van der Waals surface area contributed by atoms with E-state index in [0.717, 1.165) is 181 Å².